The van der Waals surface area contributed by atoms with E-state index in [4.69, 9.17) is 4.74 Å². The Bertz CT molecular complexity index is 593. The van der Waals surface area contributed by atoms with E-state index in [-0.39, 0.29) is 11.6 Å². The van der Waals surface area contributed by atoms with Crippen molar-refractivity contribution < 1.29 is 9.13 Å². The molecule has 0 aliphatic rings. The fourth-order valence-electron chi connectivity index (χ4n) is 2.04. The lowest BCUT2D eigenvalue weighted by Crippen LogP contribution is -2.03. The molecule has 0 radical (unpaired) electrons. The van der Waals surface area contributed by atoms with Gasteiger partial charge in [-0.15, -0.1) is 0 Å². The normalized spacial score (nSPS) is 10.6. The number of benzene rings is 1. The number of anilines is 1. The maximum atomic E-state index is 13.6. The molecular formula is C14H18FN3O. The second kappa shape index (κ2) is 5.30. The van der Waals surface area contributed by atoms with Crippen LogP contribution < -0.4 is 10.1 Å². The van der Waals surface area contributed by atoms with E-state index in [0.29, 0.717) is 6.54 Å². The van der Waals surface area contributed by atoms with Gasteiger partial charge in [-0.2, -0.15) is 5.10 Å². The molecule has 2 rings (SSSR count). The van der Waals surface area contributed by atoms with Crippen LogP contribution in [0, 0.1) is 19.7 Å². The Hall–Kier alpha value is -2.04. The topological polar surface area (TPSA) is 39.1 Å². The quantitative estimate of drug-likeness (QED) is 0.922. The molecule has 1 aromatic heterocycles. The fourth-order valence-corrected chi connectivity index (χ4v) is 2.04. The lowest BCUT2D eigenvalue weighted by atomic mass is 10.2. The predicted octanol–water partition coefficient (Wildman–Crippen LogP) is 2.80. The van der Waals surface area contributed by atoms with Crippen molar-refractivity contribution in [1.29, 1.82) is 0 Å². The molecule has 0 amide bonds. The number of nitrogens with one attached hydrogen (secondary N) is 1. The Balaban J connectivity index is 2.12. The van der Waals surface area contributed by atoms with Crippen LogP contribution >= 0.6 is 0 Å². The van der Waals surface area contributed by atoms with Crippen LogP contribution in [0.2, 0.25) is 0 Å². The van der Waals surface area contributed by atoms with Crippen LogP contribution in [-0.4, -0.2) is 16.9 Å². The van der Waals surface area contributed by atoms with Crippen molar-refractivity contribution in [2.45, 2.75) is 20.4 Å². The van der Waals surface area contributed by atoms with Crippen LogP contribution in [-0.2, 0) is 13.6 Å². The number of hydrogen-bond acceptors (Lipinski definition) is 3. The highest BCUT2D eigenvalue weighted by Gasteiger charge is 2.09. The fraction of sp³-hybridized carbons (Fsp3) is 0.357. The molecule has 0 aliphatic heterocycles. The number of rotatable bonds is 4. The predicted molar refractivity (Wildman–Crippen MR) is 73.0 cm³/mol. The second-order valence-corrected chi connectivity index (χ2v) is 4.48. The van der Waals surface area contributed by atoms with E-state index in [0.717, 1.165) is 22.6 Å². The third kappa shape index (κ3) is 2.70. The summed E-state index contributed by atoms with van der Waals surface area (Å²) in [5, 5.41) is 7.55. The summed E-state index contributed by atoms with van der Waals surface area (Å²) < 4.78 is 20.3. The van der Waals surface area contributed by atoms with E-state index < -0.39 is 0 Å². The van der Waals surface area contributed by atoms with Gasteiger partial charge in [0.1, 0.15) is 0 Å². The average Bonchev–Trinajstić information content (AvgIpc) is 2.61. The third-order valence-corrected chi connectivity index (χ3v) is 3.28. The van der Waals surface area contributed by atoms with Gasteiger partial charge in [-0.25, -0.2) is 4.39 Å². The van der Waals surface area contributed by atoms with E-state index in [1.165, 1.54) is 13.2 Å². The van der Waals surface area contributed by atoms with Gasteiger partial charge in [-0.1, -0.05) is 0 Å². The van der Waals surface area contributed by atoms with E-state index >= 15 is 0 Å². The SMILES string of the molecule is COc1ccc(NCc2c(C)nn(C)c2C)cc1F. The van der Waals surface area contributed by atoms with Gasteiger partial charge in [0.05, 0.1) is 12.8 Å². The van der Waals surface area contributed by atoms with Gasteiger partial charge in [0.2, 0.25) is 0 Å². The minimum atomic E-state index is -0.368. The highest BCUT2D eigenvalue weighted by molar-refractivity contribution is 5.48. The summed E-state index contributed by atoms with van der Waals surface area (Å²) in [5.41, 5.74) is 3.96. The zero-order valence-electron chi connectivity index (χ0n) is 11.6. The zero-order valence-corrected chi connectivity index (χ0v) is 11.6. The lowest BCUT2D eigenvalue weighted by Gasteiger charge is -2.08. The Morgan fingerprint density at radius 1 is 1.37 bits per heavy atom. The molecule has 1 aromatic carbocycles. The van der Waals surface area contributed by atoms with Crippen LogP contribution in [0.15, 0.2) is 18.2 Å². The highest BCUT2D eigenvalue weighted by atomic mass is 19.1. The van der Waals surface area contributed by atoms with Gasteiger partial charge >= 0.3 is 0 Å². The van der Waals surface area contributed by atoms with Crippen molar-refractivity contribution in [3.05, 3.63) is 41.0 Å². The first-order valence-corrected chi connectivity index (χ1v) is 6.09. The first kappa shape index (κ1) is 13.4. The minimum Gasteiger partial charge on any atom is -0.494 e. The number of hydrogen-bond donors (Lipinski definition) is 1. The van der Waals surface area contributed by atoms with Gasteiger partial charge < -0.3 is 10.1 Å². The summed E-state index contributed by atoms with van der Waals surface area (Å²) in [5.74, 6) is -0.119. The van der Waals surface area contributed by atoms with Gasteiger partial charge in [-0.05, 0) is 26.0 Å². The number of halogens is 1. The summed E-state index contributed by atoms with van der Waals surface area (Å²) >= 11 is 0. The maximum absolute atomic E-state index is 13.6. The number of nitrogens with zero attached hydrogens (tertiary/aromatic N) is 2. The number of aryl methyl sites for hydroxylation is 2. The van der Waals surface area contributed by atoms with E-state index in [1.54, 1.807) is 12.1 Å². The first-order chi connectivity index (χ1) is 9.02. The summed E-state index contributed by atoms with van der Waals surface area (Å²) in [6.45, 7) is 4.61. The molecule has 4 nitrogen and oxygen atoms in total. The van der Waals surface area contributed by atoms with Crippen LogP contribution in [0.1, 0.15) is 17.0 Å². The van der Waals surface area contributed by atoms with Crippen LogP contribution in [0.3, 0.4) is 0 Å². The van der Waals surface area contributed by atoms with Crippen molar-refractivity contribution in [1.82, 2.24) is 9.78 Å². The first-order valence-electron chi connectivity index (χ1n) is 6.09. The highest BCUT2D eigenvalue weighted by Crippen LogP contribution is 2.21. The van der Waals surface area contributed by atoms with Crippen LogP contribution in [0.25, 0.3) is 0 Å². The lowest BCUT2D eigenvalue weighted by molar-refractivity contribution is 0.386. The Morgan fingerprint density at radius 3 is 2.63 bits per heavy atom. The van der Waals surface area contributed by atoms with Crippen molar-refractivity contribution in [2.24, 2.45) is 7.05 Å². The summed E-state index contributed by atoms with van der Waals surface area (Å²) in [7, 11) is 3.37. The minimum absolute atomic E-state index is 0.249. The molecule has 2 aromatic rings. The molecule has 102 valence electrons. The molecule has 0 atom stereocenters. The molecule has 0 bridgehead atoms. The van der Waals surface area contributed by atoms with Crippen molar-refractivity contribution in [2.75, 3.05) is 12.4 Å². The molecular weight excluding hydrogens is 245 g/mol. The van der Waals surface area contributed by atoms with Gasteiger partial charge in [0.15, 0.2) is 11.6 Å². The molecule has 5 heteroatoms. The molecule has 0 unspecified atom stereocenters. The number of aromatic nitrogens is 2. The molecule has 0 aliphatic carbocycles. The molecule has 0 fully saturated rings. The number of ether oxygens (including phenoxy) is 1. The Labute approximate surface area is 112 Å². The summed E-state index contributed by atoms with van der Waals surface area (Å²) in [6.07, 6.45) is 0. The second-order valence-electron chi connectivity index (χ2n) is 4.48. The number of methoxy groups -OCH3 is 1. The Kier molecular flexibility index (Phi) is 3.74. The molecule has 1 heterocycles. The van der Waals surface area contributed by atoms with Gasteiger partial charge in [-0.3, -0.25) is 4.68 Å². The monoisotopic (exact) mass is 263 g/mol. The average molecular weight is 263 g/mol. The molecule has 1 N–H and O–H groups in total. The molecule has 19 heavy (non-hydrogen) atoms. The van der Waals surface area contributed by atoms with Crippen molar-refractivity contribution >= 4 is 5.69 Å². The van der Waals surface area contributed by atoms with Crippen LogP contribution in [0.4, 0.5) is 10.1 Å². The molecule has 0 saturated heterocycles. The summed E-state index contributed by atoms with van der Waals surface area (Å²) in [6, 6.07) is 4.84. The largest absolute Gasteiger partial charge is 0.494 e. The molecule has 0 spiro atoms. The Morgan fingerprint density at radius 2 is 2.11 bits per heavy atom. The van der Waals surface area contributed by atoms with Crippen molar-refractivity contribution in [3.8, 4) is 5.75 Å². The van der Waals surface area contributed by atoms with Gasteiger partial charge in [0, 0.05) is 36.6 Å². The van der Waals surface area contributed by atoms with Crippen molar-refractivity contribution in [3.63, 3.8) is 0 Å². The van der Waals surface area contributed by atoms with Gasteiger partial charge in [0.25, 0.3) is 0 Å². The van der Waals surface area contributed by atoms with Crippen LogP contribution in [0.5, 0.6) is 5.75 Å². The third-order valence-electron chi connectivity index (χ3n) is 3.28. The standard InChI is InChI=1S/C14H18FN3O/c1-9-12(10(2)18(3)17-9)8-16-11-5-6-14(19-4)13(15)7-11/h5-7,16H,8H2,1-4H3. The maximum Gasteiger partial charge on any atom is 0.167 e. The van der Waals surface area contributed by atoms with E-state index in [2.05, 4.69) is 10.4 Å². The van der Waals surface area contributed by atoms with E-state index in [1.807, 2.05) is 25.6 Å². The molecule has 0 saturated carbocycles. The summed E-state index contributed by atoms with van der Waals surface area (Å²) in [4.78, 5) is 0. The zero-order chi connectivity index (χ0) is 14.0. The van der Waals surface area contributed by atoms with E-state index in [9.17, 15) is 4.39 Å². The smallest absolute Gasteiger partial charge is 0.167 e.